The summed E-state index contributed by atoms with van der Waals surface area (Å²) in [5.74, 6) is -1.09. The lowest BCUT2D eigenvalue weighted by Gasteiger charge is -2.25. The van der Waals surface area contributed by atoms with Crippen LogP contribution in [0.1, 0.15) is 125 Å². The number of nitrogen functional groups attached to an aromatic ring is 1. The van der Waals surface area contributed by atoms with Gasteiger partial charge < -0.3 is 25.7 Å². The third kappa shape index (κ3) is 16.0. The standard InChI is InChI=1S/C37H62N6O7/c1-6-7-8-15-18-28(50-36(47)29(26(2)3)23-30(44)32(38)27(4)5)19-16-13-11-9-10-12-14-17-20-31(45)49-22-21-48-25-43-24-40-33-34(43)41-37(39)42-35(33)46/h13,16,24,26-29,32H,6-12,14-15,17-23,25,38H2,1-5H3,(H3,39,41,42,46)/b16-13-/t28-,29?,32?/m1/s1. The third-order valence-electron chi connectivity index (χ3n) is 8.81. The maximum Gasteiger partial charge on any atom is 0.309 e. The number of nitrogens with one attached hydrogen (secondary N) is 1. The van der Waals surface area contributed by atoms with Gasteiger partial charge >= 0.3 is 11.9 Å². The molecule has 2 rings (SSSR count). The van der Waals surface area contributed by atoms with Crippen LogP contribution in [0.25, 0.3) is 11.2 Å². The predicted octanol–water partition coefficient (Wildman–Crippen LogP) is 5.99. The highest BCUT2D eigenvalue weighted by Crippen LogP contribution is 2.23. The van der Waals surface area contributed by atoms with Gasteiger partial charge in [-0.15, -0.1) is 0 Å². The number of anilines is 1. The lowest BCUT2D eigenvalue weighted by Crippen LogP contribution is -2.39. The molecule has 13 heteroatoms. The maximum atomic E-state index is 13.2. The number of carbonyl (C=O) groups is 3. The van der Waals surface area contributed by atoms with Gasteiger partial charge in [-0.25, -0.2) is 4.98 Å². The van der Waals surface area contributed by atoms with Crippen molar-refractivity contribution in [3.63, 3.8) is 0 Å². The lowest BCUT2D eigenvalue weighted by atomic mass is 9.87. The van der Waals surface area contributed by atoms with E-state index >= 15 is 0 Å². The van der Waals surface area contributed by atoms with Gasteiger partial charge in [-0.1, -0.05) is 85.3 Å². The largest absolute Gasteiger partial charge is 0.463 e. The summed E-state index contributed by atoms with van der Waals surface area (Å²) in [6.07, 6.45) is 17.8. The molecular weight excluding hydrogens is 640 g/mol. The van der Waals surface area contributed by atoms with Crippen molar-refractivity contribution in [3.8, 4) is 0 Å². The SMILES string of the molecule is CCCCCC[C@H](C/C=C\CCCCCCCC(=O)OCCOCn1cnc2c(=O)[nH]c(N)nc21)OC(=O)C(CC(=O)C(N)C(C)C)C(C)C. The number of nitrogens with two attached hydrogens (primary N) is 2. The van der Waals surface area contributed by atoms with Gasteiger partial charge in [0.2, 0.25) is 5.95 Å². The van der Waals surface area contributed by atoms with E-state index in [4.69, 9.17) is 25.7 Å². The van der Waals surface area contributed by atoms with Crippen molar-refractivity contribution < 1.29 is 28.6 Å². The molecule has 2 aromatic heterocycles. The first kappa shape index (κ1) is 42.6. The summed E-state index contributed by atoms with van der Waals surface area (Å²) in [4.78, 5) is 60.3. The highest BCUT2D eigenvalue weighted by molar-refractivity contribution is 5.88. The van der Waals surface area contributed by atoms with Crippen molar-refractivity contribution in [2.24, 2.45) is 23.5 Å². The summed E-state index contributed by atoms with van der Waals surface area (Å²) in [6.45, 7) is 10.4. The predicted molar refractivity (Wildman–Crippen MR) is 195 cm³/mol. The Kier molecular flexibility index (Phi) is 20.2. The second-order valence-corrected chi connectivity index (χ2v) is 13.8. The Bertz CT molecular complexity index is 1390. The van der Waals surface area contributed by atoms with E-state index in [1.54, 1.807) is 4.57 Å². The molecule has 0 saturated heterocycles. The van der Waals surface area contributed by atoms with E-state index in [1.807, 2.05) is 27.7 Å². The van der Waals surface area contributed by atoms with Crippen LogP contribution in [0.4, 0.5) is 5.95 Å². The molecule has 13 nitrogen and oxygen atoms in total. The van der Waals surface area contributed by atoms with Crippen molar-refractivity contribution >= 4 is 34.8 Å². The minimum atomic E-state index is -0.567. The summed E-state index contributed by atoms with van der Waals surface area (Å²) in [5, 5.41) is 0. The van der Waals surface area contributed by atoms with Gasteiger partial charge in [0.05, 0.1) is 24.9 Å². The Morgan fingerprint density at radius 1 is 0.960 bits per heavy atom. The number of esters is 2. The fourth-order valence-electron chi connectivity index (χ4n) is 5.53. The molecule has 0 aromatic carbocycles. The molecule has 0 aliphatic carbocycles. The zero-order valence-electron chi connectivity index (χ0n) is 31.0. The molecule has 0 fully saturated rings. The van der Waals surface area contributed by atoms with E-state index in [2.05, 4.69) is 34.0 Å². The number of hydrogen-bond donors (Lipinski definition) is 3. The van der Waals surface area contributed by atoms with Crippen molar-refractivity contribution in [1.82, 2.24) is 19.5 Å². The molecule has 282 valence electrons. The van der Waals surface area contributed by atoms with E-state index in [0.29, 0.717) is 18.5 Å². The van der Waals surface area contributed by atoms with Crippen LogP contribution < -0.4 is 17.0 Å². The Morgan fingerprint density at radius 2 is 1.68 bits per heavy atom. The van der Waals surface area contributed by atoms with Gasteiger partial charge in [0, 0.05) is 19.3 Å². The van der Waals surface area contributed by atoms with Crippen LogP contribution in [0.2, 0.25) is 0 Å². The van der Waals surface area contributed by atoms with Gasteiger partial charge in [0.1, 0.15) is 19.4 Å². The molecule has 2 heterocycles. The van der Waals surface area contributed by atoms with Crippen LogP contribution in [-0.4, -0.2) is 62.6 Å². The van der Waals surface area contributed by atoms with Gasteiger partial charge in [-0.2, -0.15) is 4.98 Å². The van der Waals surface area contributed by atoms with Crippen molar-refractivity contribution in [1.29, 1.82) is 0 Å². The number of aromatic amines is 1. The fraction of sp³-hybridized carbons (Fsp3) is 0.730. The molecule has 2 unspecified atom stereocenters. The number of unbranched alkanes of at least 4 members (excludes halogenated alkanes) is 8. The molecule has 0 aliphatic rings. The van der Waals surface area contributed by atoms with E-state index in [9.17, 15) is 19.2 Å². The molecule has 50 heavy (non-hydrogen) atoms. The molecule has 0 aliphatic heterocycles. The Labute approximate surface area is 297 Å². The zero-order chi connectivity index (χ0) is 36.9. The molecule has 0 radical (unpaired) electrons. The number of carbonyl (C=O) groups excluding carboxylic acids is 3. The van der Waals surface area contributed by atoms with Crippen molar-refractivity contribution in [2.75, 3.05) is 18.9 Å². The molecule has 5 N–H and O–H groups in total. The number of hydrogen-bond acceptors (Lipinski definition) is 11. The van der Waals surface area contributed by atoms with Crippen molar-refractivity contribution in [3.05, 3.63) is 28.8 Å². The molecule has 0 saturated carbocycles. The molecular formula is C37H62N6O7. The van der Waals surface area contributed by atoms with E-state index in [0.717, 1.165) is 70.6 Å². The first-order valence-corrected chi connectivity index (χ1v) is 18.5. The maximum absolute atomic E-state index is 13.2. The highest BCUT2D eigenvalue weighted by atomic mass is 16.6. The first-order valence-electron chi connectivity index (χ1n) is 18.5. The number of ether oxygens (including phenoxy) is 3. The summed E-state index contributed by atoms with van der Waals surface area (Å²) in [5.41, 5.74) is 11.8. The minimum Gasteiger partial charge on any atom is -0.463 e. The number of aromatic nitrogens is 4. The second kappa shape index (κ2) is 23.8. The number of rotatable bonds is 27. The quantitative estimate of drug-likeness (QED) is 0.0562. The van der Waals surface area contributed by atoms with Crippen LogP contribution in [0, 0.1) is 17.8 Å². The number of ketones is 1. The number of Topliss-reactive ketones (excluding diaryl/α,β-unsaturated/α-hetero) is 1. The Morgan fingerprint density at radius 3 is 2.40 bits per heavy atom. The van der Waals surface area contributed by atoms with Crippen LogP contribution in [-0.2, 0) is 35.3 Å². The Balaban J connectivity index is 1.61. The average Bonchev–Trinajstić information content (AvgIpc) is 3.47. The molecule has 2 aromatic rings. The lowest BCUT2D eigenvalue weighted by molar-refractivity contribution is -0.157. The van der Waals surface area contributed by atoms with Gasteiger partial charge in [0.15, 0.2) is 16.9 Å². The van der Waals surface area contributed by atoms with Crippen LogP contribution in [0.3, 0.4) is 0 Å². The number of fused-ring (bicyclic) bond motifs is 1. The average molecular weight is 703 g/mol. The first-order chi connectivity index (χ1) is 23.9. The summed E-state index contributed by atoms with van der Waals surface area (Å²) in [7, 11) is 0. The topological polar surface area (TPSA) is 195 Å². The monoisotopic (exact) mass is 702 g/mol. The molecule has 3 atom stereocenters. The number of H-pyrrole nitrogens is 1. The van der Waals surface area contributed by atoms with Gasteiger partial charge in [0.25, 0.3) is 5.56 Å². The number of imidazole rings is 1. The van der Waals surface area contributed by atoms with E-state index < -0.39 is 17.5 Å². The van der Waals surface area contributed by atoms with Gasteiger partial charge in [-0.3, -0.25) is 28.7 Å². The molecule has 0 bridgehead atoms. The summed E-state index contributed by atoms with van der Waals surface area (Å²) >= 11 is 0. The van der Waals surface area contributed by atoms with Crippen LogP contribution in [0.5, 0.6) is 0 Å². The van der Waals surface area contributed by atoms with Crippen LogP contribution in [0.15, 0.2) is 23.3 Å². The minimum absolute atomic E-state index is 0.000423. The molecule has 0 spiro atoms. The number of nitrogens with zero attached hydrogens (tertiary/aromatic N) is 3. The fourth-order valence-corrected chi connectivity index (χ4v) is 5.53. The Hall–Kier alpha value is -3.58. The van der Waals surface area contributed by atoms with Gasteiger partial charge in [-0.05, 0) is 43.9 Å². The second-order valence-electron chi connectivity index (χ2n) is 13.8. The zero-order valence-corrected chi connectivity index (χ0v) is 31.0. The van der Waals surface area contributed by atoms with E-state index in [1.165, 1.54) is 6.33 Å². The normalized spacial score (nSPS) is 13.7. The van der Waals surface area contributed by atoms with Crippen molar-refractivity contribution in [2.45, 2.75) is 143 Å². The summed E-state index contributed by atoms with van der Waals surface area (Å²) in [6, 6.07) is -0.567. The summed E-state index contributed by atoms with van der Waals surface area (Å²) < 4.78 is 18.4. The molecule has 0 amide bonds. The number of allylic oxidation sites excluding steroid dienone is 1. The highest BCUT2D eigenvalue weighted by Gasteiger charge is 2.31. The smallest absolute Gasteiger partial charge is 0.309 e. The van der Waals surface area contributed by atoms with E-state index in [-0.39, 0.29) is 73.5 Å². The van der Waals surface area contributed by atoms with Crippen LogP contribution >= 0.6 is 0 Å². The third-order valence-corrected chi connectivity index (χ3v) is 8.81.